The van der Waals surface area contributed by atoms with Gasteiger partial charge in [-0.25, -0.2) is 4.39 Å². The maximum absolute atomic E-state index is 13.2. The predicted octanol–water partition coefficient (Wildman–Crippen LogP) is 3.46. The summed E-state index contributed by atoms with van der Waals surface area (Å²) in [6.45, 7) is 6.55. The molecule has 0 spiro atoms. The molecule has 0 saturated heterocycles. The summed E-state index contributed by atoms with van der Waals surface area (Å²) in [5, 5.41) is 0. The number of halogens is 1. The molecule has 2 rings (SSSR count). The lowest BCUT2D eigenvalue weighted by molar-refractivity contribution is 0.198. The lowest BCUT2D eigenvalue weighted by Gasteiger charge is -2.34. The lowest BCUT2D eigenvalue weighted by atomic mass is 9.75. The van der Waals surface area contributed by atoms with Crippen molar-refractivity contribution in [3.63, 3.8) is 0 Å². The van der Waals surface area contributed by atoms with Gasteiger partial charge in [-0.2, -0.15) is 0 Å². The Kier molecular flexibility index (Phi) is 3.74. The van der Waals surface area contributed by atoms with E-state index in [1.54, 1.807) is 6.07 Å². The van der Waals surface area contributed by atoms with Crippen LogP contribution in [0.15, 0.2) is 18.2 Å². The largest absolute Gasteiger partial charge is 0.271 e. The van der Waals surface area contributed by atoms with Crippen LogP contribution in [0.3, 0.4) is 0 Å². The molecule has 1 saturated carbocycles. The Balaban J connectivity index is 2.33. The maximum Gasteiger partial charge on any atom is 0.123 e. The second kappa shape index (κ2) is 4.98. The zero-order valence-corrected chi connectivity index (χ0v) is 11.5. The predicted molar refractivity (Wildman–Crippen MR) is 72.3 cm³/mol. The fourth-order valence-electron chi connectivity index (χ4n) is 3.38. The Labute approximate surface area is 109 Å². The molecule has 18 heavy (non-hydrogen) atoms. The van der Waals surface area contributed by atoms with E-state index >= 15 is 0 Å². The van der Waals surface area contributed by atoms with Crippen LogP contribution in [0.1, 0.15) is 50.3 Å². The molecule has 1 aliphatic rings. The van der Waals surface area contributed by atoms with Crippen LogP contribution < -0.4 is 11.3 Å². The monoisotopic (exact) mass is 250 g/mol. The summed E-state index contributed by atoms with van der Waals surface area (Å²) < 4.78 is 13.2. The van der Waals surface area contributed by atoms with Crippen LogP contribution in [-0.4, -0.2) is 0 Å². The maximum atomic E-state index is 13.2. The summed E-state index contributed by atoms with van der Waals surface area (Å²) in [6.07, 6.45) is 3.66. The Morgan fingerprint density at radius 3 is 2.67 bits per heavy atom. The molecule has 0 heterocycles. The molecule has 3 heteroatoms. The van der Waals surface area contributed by atoms with Crippen molar-refractivity contribution in [3.8, 4) is 0 Å². The number of rotatable bonds is 3. The van der Waals surface area contributed by atoms with Crippen LogP contribution in [0.5, 0.6) is 0 Å². The number of hydrogen-bond donors (Lipinski definition) is 2. The van der Waals surface area contributed by atoms with Crippen LogP contribution in [0, 0.1) is 24.1 Å². The van der Waals surface area contributed by atoms with Crippen LogP contribution in [0.25, 0.3) is 0 Å². The highest BCUT2D eigenvalue weighted by Gasteiger charge is 2.40. The Hall–Kier alpha value is -0.930. The molecular formula is C15H23FN2. The number of hydrogen-bond acceptors (Lipinski definition) is 2. The average molecular weight is 250 g/mol. The van der Waals surface area contributed by atoms with Gasteiger partial charge in [0.25, 0.3) is 0 Å². The highest BCUT2D eigenvalue weighted by atomic mass is 19.1. The first kappa shape index (κ1) is 13.5. The topological polar surface area (TPSA) is 38.0 Å². The number of nitrogens with one attached hydrogen (secondary N) is 1. The van der Waals surface area contributed by atoms with E-state index in [9.17, 15) is 4.39 Å². The fraction of sp³-hybridized carbons (Fsp3) is 0.600. The second-order valence-corrected chi connectivity index (χ2v) is 6.13. The van der Waals surface area contributed by atoms with Gasteiger partial charge >= 0.3 is 0 Å². The smallest absolute Gasteiger partial charge is 0.123 e. The molecule has 1 aromatic rings. The van der Waals surface area contributed by atoms with Gasteiger partial charge < -0.3 is 0 Å². The minimum absolute atomic E-state index is 0.114. The summed E-state index contributed by atoms with van der Waals surface area (Å²) in [5.74, 6) is 6.09. The molecule has 0 bridgehead atoms. The number of nitrogens with two attached hydrogens (primary N) is 1. The first-order valence-corrected chi connectivity index (χ1v) is 6.68. The minimum Gasteiger partial charge on any atom is -0.271 e. The number of hydrazine groups is 1. The van der Waals surface area contributed by atoms with Gasteiger partial charge in [-0.05, 0) is 54.4 Å². The highest BCUT2D eigenvalue weighted by molar-refractivity contribution is 5.30. The lowest BCUT2D eigenvalue weighted by Crippen LogP contribution is -2.38. The molecule has 2 unspecified atom stereocenters. The summed E-state index contributed by atoms with van der Waals surface area (Å²) >= 11 is 0. The molecule has 0 radical (unpaired) electrons. The fourth-order valence-corrected chi connectivity index (χ4v) is 3.38. The van der Waals surface area contributed by atoms with Gasteiger partial charge in [0, 0.05) is 6.04 Å². The minimum atomic E-state index is -0.183. The molecule has 0 aromatic heterocycles. The first-order valence-electron chi connectivity index (χ1n) is 6.68. The third kappa shape index (κ3) is 2.43. The quantitative estimate of drug-likeness (QED) is 0.637. The van der Waals surface area contributed by atoms with E-state index in [1.165, 1.54) is 25.3 Å². The summed E-state index contributed by atoms with van der Waals surface area (Å²) in [7, 11) is 0. The molecule has 2 atom stereocenters. The van der Waals surface area contributed by atoms with Gasteiger partial charge in [0.05, 0.1) is 0 Å². The molecule has 2 nitrogen and oxygen atoms in total. The molecule has 3 N–H and O–H groups in total. The first-order chi connectivity index (χ1) is 8.45. The van der Waals surface area contributed by atoms with E-state index in [1.807, 2.05) is 13.0 Å². The van der Waals surface area contributed by atoms with Crippen molar-refractivity contribution in [2.75, 3.05) is 0 Å². The van der Waals surface area contributed by atoms with Gasteiger partial charge in [-0.1, -0.05) is 26.3 Å². The molecule has 1 aromatic carbocycles. The van der Waals surface area contributed by atoms with Crippen molar-refractivity contribution in [2.45, 2.75) is 46.1 Å². The molecule has 1 fully saturated rings. The van der Waals surface area contributed by atoms with Crippen molar-refractivity contribution < 1.29 is 4.39 Å². The van der Waals surface area contributed by atoms with Gasteiger partial charge in [-0.15, -0.1) is 0 Å². The van der Waals surface area contributed by atoms with Gasteiger partial charge in [0.2, 0.25) is 0 Å². The van der Waals surface area contributed by atoms with E-state index < -0.39 is 0 Å². The summed E-state index contributed by atoms with van der Waals surface area (Å²) in [5.41, 5.74) is 5.34. The van der Waals surface area contributed by atoms with Gasteiger partial charge in [0.15, 0.2) is 0 Å². The van der Waals surface area contributed by atoms with Crippen LogP contribution in [0.4, 0.5) is 4.39 Å². The zero-order valence-electron chi connectivity index (χ0n) is 11.5. The van der Waals surface area contributed by atoms with Crippen molar-refractivity contribution in [1.82, 2.24) is 5.43 Å². The Morgan fingerprint density at radius 2 is 2.17 bits per heavy atom. The van der Waals surface area contributed by atoms with Crippen LogP contribution >= 0.6 is 0 Å². The number of aryl methyl sites for hydroxylation is 1. The van der Waals surface area contributed by atoms with Gasteiger partial charge in [-0.3, -0.25) is 11.3 Å². The molecular weight excluding hydrogens is 227 g/mol. The van der Waals surface area contributed by atoms with Crippen molar-refractivity contribution in [1.29, 1.82) is 0 Å². The Morgan fingerprint density at radius 1 is 1.44 bits per heavy atom. The average Bonchev–Trinajstić information content (AvgIpc) is 2.63. The highest BCUT2D eigenvalue weighted by Crippen LogP contribution is 2.48. The van der Waals surface area contributed by atoms with E-state index in [2.05, 4.69) is 19.3 Å². The third-order valence-corrected chi connectivity index (χ3v) is 4.49. The van der Waals surface area contributed by atoms with E-state index in [0.29, 0.717) is 5.92 Å². The Bertz CT molecular complexity index is 429. The number of benzene rings is 1. The third-order valence-electron chi connectivity index (χ3n) is 4.49. The second-order valence-electron chi connectivity index (χ2n) is 6.13. The zero-order chi connectivity index (χ0) is 13.3. The van der Waals surface area contributed by atoms with E-state index in [4.69, 9.17) is 5.84 Å². The standard InChI is InChI=1S/C15H23FN2/c1-10-9-11(16)6-7-12(10)14(18-17)13-5-4-8-15(13,2)3/h6-7,9,13-14,18H,4-5,8,17H2,1-3H3. The van der Waals surface area contributed by atoms with E-state index in [0.717, 1.165) is 11.1 Å². The van der Waals surface area contributed by atoms with Crippen LogP contribution in [0.2, 0.25) is 0 Å². The van der Waals surface area contributed by atoms with Crippen LogP contribution in [-0.2, 0) is 0 Å². The van der Waals surface area contributed by atoms with Crippen molar-refractivity contribution in [3.05, 3.63) is 35.1 Å². The normalized spacial score (nSPS) is 24.2. The van der Waals surface area contributed by atoms with E-state index in [-0.39, 0.29) is 17.3 Å². The SMILES string of the molecule is Cc1cc(F)ccc1C(NN)C1CCCC1(C)C. The van der Waals surface area contributed by atoms with Crippen molar-refractivity contribution >= 4 is 0 Å². The summed E-state index contributed by atoms with van der Waals surface area (Å²) in [4.78, 5) is 0. The molecule has 100 valence electrons. The molecule has 0 aliphatic heterocycles. The van der Waals surface area contributed by atoms with Crippen molar-refractivity contribution in [2.24, 2.45) is 17.2 Å². The molecule has 1 aliphatic carbocycles. The molecule has 0 amide bonds. The van der Waals surface area contributed by atoms with Gasteiger partial charge in [0.1, 0.15) is 5.82 Å². The summed E-state index contributed by atoms with van der Waals surface area (Å²) in [6, 6.07) is 5.09.